The molecule has 0 aromatic heterocycles. The van der Waals surface area contributed by atoms with E-state index in [1.807, 2.05) is 19.1 Å². The van der Waals surface area contributed by atoms with Crippen molar-refractivity contribution in [2.24, 2.45) is 0 Å². The zero-order valence-corrected chi connectivity index (χ0v) is 17.7. The van der Waals surface area contributed by atoms with Crippen LogP contribution in [0.5, 0.6) is 5.75 Å². The molecule has 1 aromatic rings. The SMILES string of the molecule is CC(Oc1ccc(C(C)C)cc1)C(=O)NCC1(N(C)C)CCCCC1.Cl. The van der Waals surface area contributed by atoms with Crippen LogP contribution in [0.4, 0.5) is 0 Å². The van der Waals surface area contributed by atoms with E-state index in [-0.39, 0.29) is 23.9 Å². The molecule has 1 fully saturated rings. The maximum atomic E-state index is 12.5. The summed E-state index contributed by atoms with van der Waals surface area (Å²) >= 11 is 0. The quantitative estimate of drug-likeness (QED) is 0.760. The molecule has 1 amide bonds. The van der Waals surface area contributed by atoms with Gasteiger partial charge >= 0.3 is 0 Å². The zero-order valence-electron chi connectivity index (χ0n) is 16.9. The van der Waals surface area contributed by atoms with Crippen molar-refractivity contribution in [2.45, 2.75) is 70.4 Å². The molecule has 26 heavy (non-hydrogen) atoms. The minimum absolute atomic E-state index is 0. The standard InChI is InChI=1S/C21H34N2O2.ClH/c1-16(2)18-9-11-19(12-10-18)25-17(3)20(24)22-15-21(23(4)5)13-7-6-8-14-21;/h9-12,16-17H,6-8,13-15H2,1-5H3,(H,22,24);1H. The van der Waals surface area contributed by atoms with Gasteiger partial charge in [-0.2, -0.15) is 0 Å². The first-order valence-electron chi connectivity index (χ1n) is 9.56. The number of halogens is 1. The molecule has 0 aliphatic heterocycles. The maximum Gasteiger partial charge on any atom is 0.260 e. The minimum Gasteiger partial charge on any atom is -0.481 e. The van der Waals surface area contributed by atoms with E-state index in [1.54, 1.807) is 0 Å². The highest BCUT2D eigenvalue weighted by atomic mass is 35.5. The molecule has 1 atom stereocenters. The Morgan fingerprint density at radius 1 is 1.12 bits per heavy atom. The second-order valence-electron chi connectivity index (χ2n) is 7.88. The first-order valence-corrected chi connectivity index (χ1v) is 9.56. The van der Waals surface area contributed by atoms with Gasteiger partial charge < -0.3 is 15.0 Å². The lowest BCUT2D eigenvalue weighted by Gasteiger charge is -2.43. The van der Waals surface area contributed by atoms with Crippen molar-refractivity contribution in [1.29, 1.82) is 0 Å². The Bertz CT molecular complexity index is 552. The predicted molar refractivity (Wildman–Crippen MR) is 110 cm³/mol. The van der Waals surface area contributed by atoms with E-state index in [4.69, 9.17) is 4.74 Å². The number of carbonyl (C=O) groups is 1. The van der Waals surface area contributed by atoms with Crippen molar-refractivity contribution >= 4 is 18.3 Å². The summed E-state index contributed by atoms with van der Waals surface area (Å²) in [5, 5.41) is 3.12. The van der Waals surface area contributed by atoms with Gasteiger partial charge in [-0.05, 0) is 57.5 Å². The van der Waals surface area contributed by atoms with Crippen molar-refractivity contribution in [3.8, 4) is 5.75 Å². The number of hydrogen-bond acceptors (Lipinski definition) is 3. The van der Waals surface area contributed by atoms with Crippen LogP contribution in [-0.4, -0.2) is 43.1 Å². The van der Waals surface area contributed by atoms with Crippen molar-refractivity contribution in [1.82, 2.24) is 10.2 Å². The van der Waals surface area contributed by atoms with Gasteiger partial charge in [-0.3, -0.25) is 4.79 Å². The van der Waals surface area contributed by atoms with E-state index < -0.39 is 6.10 Å². The number of nitrogens with one attached hydrogen (secondary N) is 1. The molecule has 5 heteroatoms. The summed E-state index contributed by atoms with van der Waals surface area (Å²) in [7, 11) is 4.24. The molecule has 0 bridgehead atoms. The van der Waals surface area contributed by atoms with Crippen molar-refractivity contribution < 1.29 is 9.53 Å². The summed E-state index contributed by atoms with van der Waals surface area (Å²) in [6.45, 7) is 6.84. The van der Waals surface area contributed by atoms with E-state index in [9.17, 15) is 4.79 Å². The number of hydrogen-bond donors (Lipinski definition) is 1. The topological polar surface area (TPSA) is 41.6 Å². The Hall–Kier alpha value is -1.26. The van der Waals surface area contributed by atoms with Crippen LogP contribution in [0, 0.1) is 0 Å². The first-order chi connectivity index (χ1) is 11.8. The molecule has 0 radical (unpaired) electrons. The lowest BCUT2D eigenvalue weighted by atomic mass is 9.80. The van der Waals surface area contributed by atoms with Crippen LogP contribution in [0.1, 0.15) is 64.4 Å². The summed E-state index contributed by atoms with van der Waals surface area (Å²) in [6, 6.07) is 8.02. The summed E-state index contributed by atoms with van der Waals surface area (Å²) < 4.78 is 5.82. The Morgan fingerprint density at radius 3 is 2.19 bits per heavy atom. The molecule has 4 nitrogen and oxygen atoms in total. The number of nitrogens with zero attached hydrogens (tertiary/aromatic N) is 1. The molecule has 2 rings (SSSR count). The fraction of sp³-hybridized carbons (Fsp3) is 0.667. The molecule has 0 heterocycles. The van der Waals surface area contributed by atoms with Crippen LogP contribution in [0.25, 0.3) is 0 Å². The second-order valence-corrected chi connectivity index (χ2v) is 7.88. The Labute approximate surface area is 165 Å². The van der Waals surface area contributed by atoms with Gasteiger partial charge in [0.15, 0.2) is 6.10 Å². The van der Waals surface area contributed by atoms with E-state index in [0.29, 0.717) is 12.5 Å². The largest absolute Gasteiger partial charge is 0.481 e. The predicted octanol–water partition coefficient (Wildman–Crippen LogP) is 4.38. The molecule has 1 saturated carbocycles. The van der Waals surface area contributed by atoms with Crippen LogP contribution in [-0.2, 0) is 4.79 Å². The highest BCUT2D eigenvalue weighted by Gasteiger charge is 2.34. The molecule has 0 saturated heterocycles. The fourth-order valence-electron chi connectivity index (χ4n) is 3.58. The average Bonchev–Trinajstić information content (AvgIpc) is 2.60. The van der Waals surface area contributed by atoms with Gasteiger partial charge in [-0.15, -0.1) is 12.4 Å². The molecular formula is C21H35ClN2O2. The van der Waals surface area contributed by atoms with E-state index in [1.165, 1.54) is 24.8 Å². The lowest BCUT2D eigenvalue weighted by molar-refractivity contribution is -0.128. The number of rotatable bonds is 7. The number of amides is 1. The maximum absolute atomic E-state index is 12.5. The van der Waals surface area contributed by atoms with Gasteiger partial charge in [0, 0.05) is 12.1 Å². The Balaban J connectivity index is 0.00000338. The molecule has 1 aliphatic carbocycles. The van der Waals surface area contributed by atoms with Gasteiger partial charge in [-0.1, -0.05) is 45.2 Å². The molecule has 1 unspecified atom stereocenters. The summed E-state index contributed by atoms with van der Waals surface area (Å²) in [4.78, 5) is 14.8. The Kier molecular flexibility index (Phi) is 8.91. The number of ether oxygens (including phenoxy) is 1. The highest BCUT2D eigenvalue weighted by molar-refractivity contribution is 5.85. The van der Waals surface area contributed by atoms with E-state index >= 15 is 0 Å². The number of benzene rings is 1. The summed E-state index contributed by atoms with van der Waals surface area (Å²) in [5.41, 5.74) is 1.36. The number of carbonyl (C=O) groups excluding carboxylic acids is 1. The fourth-order valence-corrected chi connectivity index (χ4v) is 3.58. The minimum atomic E-state index is -0.493. The zero-order chi connectivity index (χ0) is 18.4. The molecule has 148 valence electrons. The van der Waals surface area contributed by atoms with Crippen LogP contribution in [0.15, 0.2) is 24.3 Å². The third kappa shape index (κ3) is 5.88. The van der Waals surface area contributed by atoms with Crippen molar-refractivity contribution in [3.05, 3.63) is 29.8 Å². The van der Waals surface area contributed by atoms with E-state index in [0.717, 1.165) is 18.6 Å². The summed E-state index contributed by atoms with van der Waals surface area (Å²) in [6.07, 6.45) is 5.57. The monoisotopic (exact) mass is 382 g/mol. The average molecular weight is 383 g/mol. The normalized spacial score (nSPS) is 17.5. The summed E-state index contributed by atoms with van der Waals surface area (Å²) in [5.74, 6) is 1.19. The van der Waals surface area contributed by atoms with Gasteiger partial charge in [-0.25, -0.2) is 0 Å². The molecule has 0 spiro atoms. The van der Waals surface area contributed by atoms with Crippen LogP contribution in [0.2, 0.25) is 0 Å². The highest BCUT2D eigenvalue weighted by Crippen LogP contribution is 2.31. The van der Waals surface area contributed by atoms with Crippen LogP contribution in [0.3, 0.4) is 0 Å². The smallest absolute Gasteiger partial charge is 0.260 e. The van der Waals surface area contributed by atoms with Gasteiger partial charge in [0.05, 0.1) is 0 Å². The van der Waals surface area contributed by atoms with Crippen LogP contribution < -0.4 is 10.1 Å². The molecular weight excluding hydrogens is 348 g/mol. The van der Waals surface area contributed by atoms with Gasteiger partial charge in [0.1, 0.15) is 5.75 Å². The molecule has 1 N–H and O–H groups in total. The third-order valence-electron chi connectivity index (χ3n) is 5.55. The molecule has 1 aliphatic rings. The van der Waals surface area contributed by atoms with E-state index in [2.05, 4.69) is 50.3 Å². The van der Waals surface area contributed by atoms with Crippen molar-refractivity contribution in [3.63, 3.8) is 0 Å². The first kappa shape index (κ1) is 22.8. The lowest BCUT2D eigenvalue weighted by Crippen LogP contribution is -2.55. The van der Waals surface area contributed by atoms with Gasteiger partial charge in [0.25, 0.3) is 5.91 Å². The second kappa shape index (κ2) is 10.2. The third-order valence-corrected chi connectivity index (χ3v) is 5.55. The molecule has 1 aromatic carbocycles. The Morgan fingerprint density at radius 2 is 1.69 bits per heavy atom. The van der Waals surface area contributed by atoms with Gasteiger partial charge in [0.2, 0.25) is 0 Å². The van der Waals surface area contributed by atoms with Crippen molar-refractivity contribution in [2.75, 3.05) is 20.6 Å². The van der Waals surface area contributed by atoms with Crippen LogP contribution >= 0.6 is 12.4 Å². The number of likely N-dealkylation sites (N-methyl/N-ethyl adjacent to an activating group) is 1.